The second-order valence-corrected chi connectivity index (χ2v) is 20.3. The molecule has 0 rings (SSSR count). The Labute approximate surface area is 378 Å². The number of phosphoric ester groups is 1. The highest BCUT2D eigenvalue weighted by atomic mass is 31.2. The fourth-order valence-electron chi connectivity index (χ4n) is 7.46. The van der Waals surface area contributed by atoms with Crippen LogP contribution in [0.5, 0.6) is 0 Å². The van der Waals surface area contributed by atoms with Gasteiger partial charge in [-0.25, -0.2) is 4.57 Å². The molecular weight excluding hydrogens is 780 g/mol. The number of nitrogens with one attached hydrogen (secondary N) is 1. The summed E-state index contributed by atoms with van der Waals surface area (Å²) in [6.07, 6.45) is 55.2. The van der Waals surface area contributed by atoms with Crippen LogP contribution >= 0.6 is 7.82 Å². The molecule has 0 aliphatic carbocycles. The van der Waals surface area contributed by atoms with Gasteiger partial charge in [0.05, 0.1) is 39.9 Å². The summed E-state index contributed by atoms with van der Waals surface area (Å²) in [5.74, 6) is -0.191. The van der Waals surface area contributed by atoms with E-state index in [1.54, 1.807) is 6.08 Å². The third kappa shape index (κ3) is 46.5. The van der Waals surface area contributed by atoms with Crippen LogP contribution in [0.15, 0.2) is 36.5 Å². The standard InChI is InChI=1S/C52H101N2O6P/c1-6-8-10-12-14-16-18-20-22-23-24-25-26-27-28-29-30-32-33-35-37-39-41-43-45-51(55)50(49-60-61(57,58)59-48-47-54(3,4)5)53-52(56)46-44-42-40-38-36-34-31-21-19-17-15-13-11-9-7-2/h17,19,35,37,43,45,50-51,55H,6-16,18,20-34,36,38-42,44,46-49H2,1-5H3,(H-,53,56,57,58)/p+1/b19-17-,37-35+,45-43+. The van der Waals surface area contributed by atoms with Crippen molar-refractivity contribution in [2.24, 2.45) is 0 Å². The minimum absolute atomic E-state index is 0.0556. The molecular formula is C52H102N2O6P+. The van der Waals surface area contributed by atoms with Crippen LogP contribution in [-0.4, -0.2) is 73.4 Å². The van der Waals surface area contributed by atoms with Crippen molar-refractivity contribution in [3.63, 3.8) is 0 Å². The van der Waals surface area contributed by atoms with Gasteiger partial charge in [-0.15, -0.1) is 0 Å². The first-order valence-corrected chi connectivity index (χ1v) is 27.4. The molecule has 0 aromatic heterocycles. The van der Waals surface area contributed by atoms with Gasteiger partial charge < -0.3 is 19.8 Å². The Morgan fingerprint density at radius 2 is 0.902 bits per heavy atom. The third-order valence-electron chi connectivity index (χ3n) is 11.6. The number of aliphatic hydroxyl groups excluding tert-OH is 1. The third-order valence-corrected chi connectivity index (χ3v) is 12.6. The lowest BCUT2D eigenvalue weighted by Crippen LogP contribution is -2.45. The highest BCUT2D eigenvalue weighted by Gasteiger charge is 2.27. The van der Waals surface area contributed by atoms with Gasteiger partial charge in [-0.3, -0.25) is 13.8 Å². The van der Waals surface area contributed by atoms with E-state index in [9.17, 15) is 19.4 Å². The Balaban J connectivity index is 4.31. The Bertz CT molecular complexity index is 1090. The number of rotatable bonds is 47. The SMILES string of the molecule is CCCCCC/C=C\CCCCCCCCCC(=O)NC(COP(=O)(O)OCC[N+](C)(C)C)C(O)/C=C/CC/C=C/CCCCCCCCCCCCCCCCCCCC. The van der Waals surface area contributed by atoms with Crippen LogP contribution < -0.4 is 5.32 Å². The summed E-state index contributed by atoms with van der Waals surface area (Å²) in [5, 5.41) is 13.9. The largest absolute Gasteiger partial charge is 0.472 e. The number of quaternary nitrogens is 1. The summed E-state index contributed by atoms with van der Waals surface area (Å²) in [6, 6.07) is -0.864. The van der Waals surface area contributed by atoms with Crippen LogP contribution in [0.2, 0.25) is 0 Å². The van der Waals surface area contributed by atoms with Crippen LogP contribution in [0.4, 0.5) is 0 Å². The quantitative estimate of drug-likeness (QED) is 0.0243. The van der Waals surface area contributed by atoms with Crippen molar-refractivity contribution < 1.29 is 32.9 Å². The molecule has 3 N–H and O–H groups in total. The van der Waals surface area contributed by atoms with Gasteiger partial charge in [0.1, 0.15) is 13.2 Å². The van der Waals surface area contributed by atoms with Gasteiger partial charge in [0, 0.05) is 6.42 Å². The van der Waals surface area contributed by atoms with Crippen LogP contribution in [0.1, 0.15) is 239 Å². The Morgan fingerprint density at radius 3 is 1.33 bits per heavy atom. The Hall–Kier alpha value is -1.28. The first-order valence-electron chi connectivity index (χ1n) is 25.9. The van der Waals surface area contributed by atoms with E-state index in [1.807, 2.05) is 27.2 Å². The molecule has 0 aromatic carbocycles. The zero-order valence-corrected chi connectivity index (χ0v) is 41.8. The van der Waals surface area contributed by atoms with E-state index in [4.69, 9.17) is 9.05 Å². The zero-order valence-electron chi connectivity index (χ0n) is 40.9. The molecule has 0 bridgehead atoms. The van der Waals surface area contributed by atoms with E-state index in [1.165, 1.54) is 180 Å². The van der Waals surface area contributed by atoms with E-state index < -0.39 is 20.0 Å². The number of carbonyl (C=O) groups excluding carboxylic acids is 1. The second kappa shape index (κ2) is 43.9. The van der Waals surface area contributed by atoms with Crippen LogP contribution in [0, 0.1) is 0 Å². The molecule has 0 spiro atoms. The number of allylic oxidation sites excluding steroid dienone is 5. The highest BCUT2D eigenvalue weighted by molar-refractivity contribution is 7.47. The summed E-state index contributed by atoms with van der Waals surface area (Å²) in [7, 11) is 1.55. The summed E-state index contributed by atoms with van der Waals surface area (Å²) in [6.45, 7) is 4.79. The van der Waals surface area contributed by atoms with Crippen molar-refractivity contribution in [1.29, 1.82) is 0 Å². The Morgan fingerprint density at radius 1 is 0.541 bits per heavy atom. The van der Waals surface area contributed by atoms with Crippen molar-refractivity contribution in [3.05, 3.63) is 36.5 Å². The van der Waals surface area contributed by atoms with Crippen molar-refractivity contribution >= 4 is 13.7 Å². The number of hydrogen-bond donors (Lipinski definition) is 3. The lowest BCUT2D eigenvalue weighted by molar-refractivity contribution is -0.870. The van der Waals surface area contributed by atoms with E-state index in [2.05, 4.69) is 43.5 Å². The highest BCUT2D eigenvalue weighted by Crippen LogP contribution is 2.43. The van der Waals surface area contributed by atoms with E-state index in [-0.39, 0.29) is 19.1 Å². The fraction of sp³-hybridized carbons (Fsp3) is 0.865. The number of unbranched alkanes of at least 4 members (excludes halogenated alkanes) is 30. The zero-order chi connectivity index (χ0) is 45.0. The molecule has 0 aromatic rings. The van der Waals surface area contributed by atoms with Crippen LogP contribution in [0.3, 0.4) is 0 Å². The minimum Gasteiger partial charge on any atom is -0.387 e. The number of amides is 1. The van der Waals surface area contributed by atoms with Crippen molar-refractivity contribution in [3.8, 4) is 0 Å². The molecule has 0 radical (unpaired) electrons. The predicted molar refractivity (Wildman–Crippen MR) is 263 cm³/mol. The summed E-state index contributed by atoms with van der Waals surface area (Å²) in [4.78, 5) is 23.2. The van der Waals surface area contributed by atoms with Gasteiger partial charge in [0.25, 0.3) is 0 Å². The van der Waals surface area contributed by atoms with Crippen molar-refractivity contribution in [2.75, 3.05) is 40.9 Å². The maximum absolute atomic E-state index is 12.9. The van der Waals surface area contributed by atoms with Crippen molar-refractivity contribution in [2.45, 2.75) is 251 Å². The molecule has 0 saturated heterocycles. The number of hydrogen-bond acceptors (Lipinski definition) is 5. The lowest BCUT2D eigenvalue weighted by atomic mass is 10.0. The van der Waals surface area contributed by atoms with Gasteiger partial charge in [-0.1, -0.05) is 211 Å². The monoisotopic (exact) mass is 882 g/mol. The predicted octanol–water partition coefficient (Wildman–Crippen LogP) is 15.0. The molecule has 1 amide bonds. The summed E-state index contributed by atoms with van der Waals surface area (Å²) in [5.41, 5.74) is 0. The number of nitrogens with zero attached hydrogens (tertiary/aromatic N) is 1. The van der Waals surface area contributed by atoms with E-state index in [0.29, 0.717) is 17.4 Å². The molecule has 360 valence electrons. The molecule has 0 saturated carbocycles. The van der Waals surface area contributed by atoms with Gasteiger partial charge in [-0.05, 0) is 57.8 Å². The number of likely N-dealkylation sites (N-methyl/N-ethyl adjacent to an activating group) is 1. The van der Waals surface area contributed by atoms with Gasteiger partial charge in [0.15, 0.2) is 0 Å². The van der Waals surface area contributed by atoms with E-state index >= 15 is 0 Å². The molecule has 9 heteroatoms. The molecule has 0 fully saturated rings. The van der Waals surface area contributed by atoms with Crippen LogP contribution in [0.25, 0.3) is 0 Å². The maximum Gasteiger partial charge on any atom is 0.472 e. The molecule has 0 aliphatic heterocycles. The first-order chi connectivity index (χ1) is 29.5. The van der Waals surface area contributed by atoms with Gasteiger partial charge >= 0.3 is 7.82 Å². The number of carbonyl (C=O) groups is 1. The summed E-state index contributed by atoms with van der Waals surface area (Å²) >= 11 is 0. The fourth-order valence-corrected chi connectivity index (χ4v) is 8.20. The maximum atomic E-state index is 12.9. The summed E-state index contributed by atoms with van der Waals surface area (Å²) < 4.78 is 23.6. The first kappa shape index (κ1) is 59.7. The lowest BCUT2D eigenvalue weighted by Gasteiger charge is -2.25. The Kier molecular flexibility index (Phi) is 43.0. The van der Waals surface area contributed by atoms with Crippen LogP contribution in [-0.2, 0) is 18.4 Å². The average Bonchev–Trinajstić information content (AvgIpc) is 3.21. The molecule has 3 unspecified atom stereocenters. The molecule has 3 atom stereocenters. The molecule has 61 heavy (non-hydrogen) atoms. The van der Waals surface area contributed by atoms with Crippen molar-refractivity contribution in [1.82, 2.24) is 5.32 Å². The normalized spacial score (nSPS) is 14.4. The van der Waals surface area contributed by atoms with Gasteiger partial charge in [-0.2, -0.15) is 0 Å². The number of phosphoric acid groups is 1. The molecule has 0 heterocycles. The number of aliphatic hydroxyl groups is 1. The average molecular weight is 882 g/mol. The van der Waals surface area contributed by atoms with E-state index in [0.717, 1.165) is 38.5 Å². The topological polar surface area (TPSA) is 105 Å². The minimum atomic E-state index is -4.35. The second-order valence-electron chi connectivity index (χ2n) is 18.9. The smallest absolute Gasteiger partial charge is 0.387 e. The molecule has 8 nitrogen and oxygen atoms in total. The molecule has 0 aliphatic rings. The van der Waals surface area contributed by atoms with Gasteiger partial charge in [0.2, 0.25) is 5.91 Å².